The molecular formula is C21H18F4N4O9S. The Morgan fingerprint density at radius 3 is 2.46 bits per heavy atom. The smallest absolute Gasteiger partial charge is 0.480 e. The number of aryl methyl sites for hydroxylation is 1. The van der Waals surface area contributed by atoms with Crippen molar-refractivity contribution in [1.29, 1.82) is 5.41 Å². The SMILES string of the molecule is N=C(N)c1ccc(OC(=O)c2cnc(CCCC(=O)N[C@@H](CC(=O)OOC(=O)C(F)(F)F)C(=O)O)s2)c(F)c1. The third-order valence-corrected chi connectivity index (χ3v) is 5.48. The number of ether oxygens (including phenoxy) is 1. The molecule has 1 aromatic heterocycles. The minimum Gasteiger partial charge on any atom is -0.480 e. The lowest BCUT2D eigenvalue weighted by Gasteiger charge is -2.13. The Hall–Kier alpha value is -4.61. The predicted octanol–water partition coefficient (Wildman–Crippen LogP) is 1.63. The Bertz CT molecular complexity index is 1280. The van der Waals surface area contributed by atoms with Crippen molar-refractivity contribution in [3.8, 4) is 5.75 Å². The highest BCUT2D eigenvalue weighted by Crippen LogP contribution is 2.22. The summed E-state index contributed by atoms with van der Waals surface area (Å²) in [5.74, 6) is -9.64. The second kappa shape index (κ2) is 13.3. The minimum atomic E-state index is -5.44. The van der Waals surface area contributed by atoms with Gasteiger partial charge in [0.1, 0.15) is 16.8 Å². The van der Waals surface area contributed by atoms with Crippen LogP contribution in [0.4, 0.5) is 17.6 Å². The van der Waals surface area contributed by atoms with Gasteiger partial charge in [-0.05, 0) is 31.0 Å². The van der Waals surface area contributed by atoms with Crippen LogP contribution in [0, 0.1) is 11.2 Å². The highest BCUT2D eigenvalue weighted by atomic mass is 32.1. The first-order valence-corrected chi connectivity index (χ1v) is 11.3. The van der Waals surface area contributed by atoms with Crippen molar-refractivity contribution in [3.05, 3.63) is 45.7 Å². The predicted molar refractivity (Wildman–Crippen MR) is 120 cm³/mol. The Kier molecular flexibility index (Phi) is 10.4. The molecule has 1 atom stereocenters. The summed E-state index contributed by atoms with van der Waals surface area (Å²) in [6.45, 7) is 0. The second-order valence-corrected chi connectivity index (χ2v) is 8.52. The topological polar surface area (TPSA) is 208 Å². The molecule has 0 spiro atoms. The molecule has 1 heterocycles. The van der Waals surface area contributed by atoms with Crippen LogP contribution in [-0.4, -0.2) is 57.9 Å². The number of alkyl halides is 3. The first kappa shape index (κ1) is 30.6. The molecule has 5 N–H and O–H groups in total. The van der Waals surface area contributed by atoms with Crippen LogP contribution in [0.25, 0.3) is 0 Å². The zero-order valence-corrected chi connectivity index (χ0v) is 20.2. The average Bonchev–Trinajstić information content (AvgIpc) is 3.31. The maximum absolute atomic E-state index is 14.1. The summed E-state index contributed by atoms with van der Waals surface area (Å²) < 4.78 is 55.1. The van der Waals surface area contributed by atoms with E-state index in [0.717, 1.165) is 23.5 Å². The van der Waals surface area contributed by atoms with E-state index in [1.165, 1.54) is 12.3 Å². The van der Waals surface area contributed by atoms with Crippen molar-refractivity contribution in [2.24, 2.45) is 5.73 Å². The number of aliphatic carboxylic acids is 1. The number of benzene rings is 1. The molecule has 2 rings (SSSR count). The largest absolute Gasteiger partial charge is 0.495 e. The summed E-state index contributed by atoms with van der Waals surface area (Å²) in [5.41, 5.74) is 5.36. The van der Waals surface area contributed by atoms with Crippen molar-refractivity contribution in [3.63, 3.8) is 0 Å². The first-order chi connectivity index (χ1) is 18.2. The van der Waals surface area contributed by atoms with E-state index in [9.17, 15) is 41.5 Å². The van der Waals surface area contributed by atoms with Gasteiger partial charge in [-0.3, -0.25) is 10.2 Å². The molecule has 0 aliphatic carbocycles. The van der Waals surface area contributed by atoms with E-state index in [0.29, 0.717) is 5.01 Å². The van der Waals surface area contributed by atoms with Gasteiger partial charge in [-0.25, -0.2) is 38.3 Å². The molecule has 0 saturated carbocycles. The average molecular weight is 578 g/mol. The van der Waals surface area contributed by atoms with E-state index < -0.39 is 60.0 Å². The highest BCUT2D eigenvalue weighted by Gasteiger charge is 2.43. The maximum Gasteiger partial charge on any atom is 0.495 e. The molecule has 39 heavy (non-hydrogen) atoms. The molecule has 0 radical (unpaired) electrons. The molecule has 1 aromatic carbocycles. The van der Waals surface area contributed by atoms with Gasteiger partial charge in [-0.1, -0.05) is 0 Å². The van der Waals surface area contributed by atoms with E-state index in [1.54, 1.807) is 0 Å². The fourth-order valence-corrected chi connectivity index (χ4v) is 3.46. The van der Waals surface area contributed by atoms with Gasteiger partial charge >= 0.3 is 30.1 Å². The number of halogens is 4. The van der Waals surface area contributed by atoms with Gasteiger partial charge < -0.3 is 20.9 Å². The Balaban J connectivity index is 1.82. The fraction of sp³-hybridized carbons (Fsp3) is 0.286. The molecule has 2 aromatic rings. The number of amidine groups is 1. The number of carboxylic acids is 1. The highest BCUT2D eigenvalue weighted by molar-refractivity contribution is 7.13. The van der Waals surface area contributed by atoms with Crippen LogP contribution in [0.3, 0.4) is 0 Å². The fourth-order valence-electron chi connectivity index (χ4n) is 2.62. The lowest BCUT2D eigenvalue weighted by Crippen LogP contribution is -2.42. The summed E-state index contributed by atoms with van der Waals surface area (Å²) in [4.78, 5) is 68.3. The standard InChI is InChI=1S/C21H18F4N4O9S/c22-10-6-9(17(26)27)4-5-12(10)36-19(34)13-8-28-15(39-13)3-1-2-14(30)29-11(18(32)33)7-16(31)37-38-20(35)21(23,24)25/h4-6,8,11H,1-3,7H2,(H3,26,27)(H,29,30)(H,32,33)/t11-/m0/s1. The summed E-state index contributed by atoms with van der Waals surface area (Å²) in [7, 11) is 0. The van der Waals surface area contributed by atoms with Crippen molar-refractivity contribution in [1.82, 2.24) is 10.3 Å². The number of nitrogen functional groups attached to an aromatic ring is 1. The van der Waals surface area contributed by atoms with Crippen LogP contribution in [0.1, 0.15) is 39.5 Å². The lowest BCUT2D eigenvalue weighted by molar-refractivity contribution is -0.286. The van der Waals surface area contributed by atoms with Crippen LogP contribution >= 0.6 is 11.3 Å². The number of nitrogens with one attached hydrogen (secondary N) is 2. The maximum atomic E-state index is 14.1. The molecule has 0 aliphatic heterocycles. The number of carbonyl (C=O) groups excluding carboxylic acids is 4. The van der Waals surface area contributed by atoms with E-state index in [2.05, 4.69) is 14.8 Å². The van der Waals surface area contributed by atoms with Crippen molar-refractivity contribution in [2.75, 3.05) is 0 Å². The quantitative estimate of drug-likeness (QED) is 0.0573. The van der Waals surface area contributed by atoms with E-state index in [-0.39, 0.29) is 35.5 Å². The van der Waals surface area contributed by atoms with Gasteiger partial charge in [0.05, 0.1) is 17.6 Å². The monoisotopic (exact) mass is 578 g/mol. The number of thiazole rings is 1. The normalized spacial score (nSPS) is 11.7. The second-order valence-electron chi connectivity index (χ2n) is 7.41. The van der Waals surface area contributed by atoms with Gasteiger partial charge in [-0.2, -0.15) is 13.2 Å². The van der Waals surface area contributed by atoms with Crippen LogP contribution in [0.5, 0.6) is 5.75 Å². The number of aromatic nitrogens is 1. The van der Waals surface area contributed by atoms with Crippen LogP contribution in [-0.2, 0) is 35.4 Å². The summed E-state index contributed by atoms with van der Waals surface area (Å²) >= 11 is 0.892. The van der Waals surface area contributed by atoms with E-state index in [1.807, 2.05) is 5.32 Å². The molecular weight excluding hydrogens is 560 g/mol. The molecule has 18 heteroatoms. The summed E-state index contributed by atoms with van der Waals surface area (Å²) in [6.07, 6.45) is -5.42. The summed E-state index contributed by atoms with van der Waals surface area (Å²) in [6, 6.07) is 1.46. The molecule has 0 aliphatic rings. The zero-order chi connectivity index (χ0) is 29.3. The molecule has 0 fully saturated rings. The molecule has 0 bridgehead atoms. The number of rotatable bonds is 11. The Morgan fingerprint density at radius 1 is 1.18 bits per heavy atom. The zero-order valence-electron chi connectivity index (χ0n) is 19.4. The van der Waals surface area contributed by atoms with Gasteiger partial charge in [0.25, 0.3) is 0 Å². The number of nitrogens with zero attached hydrogens (tertiary/aromatic N) is 1. The van der Waals surface area contributed by atoms with Gasteiger partial charge in [0, 0.05) is 12.0 Å². The van der Waals surface area contributed by atoms with Gasteiger partial charge in [0.15, 0.2) is 11.6 Å². The van der Waals surface area contributed by atoms with Crippen LogP contribution in [0.15, 0.2) is 24.4 Å². The molecule has 0 unspecified atom stereocenters. The Labute approximate surface area is 219 Å². The number of carboxylic acid groups (broad SMARTS) is 1. The van der Waals surface area contributed by atoms with Crippen molar-refractivity contribution in [2.45, 2.75) is 37.9 Å². The summed E-state index contributed by atoms with van der Waals surface area (Å²) in [5, 5.41) is 18.7. The van der Waals surface area contributed by atoms with E-state index >= 15 is 0 Å². The van der Waals surface area contributed by atoms with Crippen LogP contribution < -0.4 is 15.8 Å². The molecule has 210 valence electrons. The molecule has 0 saturated heterocycles. The van der Waals surface area contributed by atoms with E-state index in [4.69, 9.17) is 21.0 Å². The number of hydrogen-bond acceptors (Lipinski definition) is 11. The van der Waals surface area contributed by atoms with Crippen molar-refractivity contribution >= 4 is 47.0 Å². The third kappa shape index (κ3) is 9.65. The number of carbonyl (C=O) groups is 5. The number of hydrogen-bond donors (Lipinski definition) is 4. The minimum absolute atomic E-state index is 0.0140. The Morgan fingerprint density at radius 2 is 1.87 bits per heavy atom. The number of nitrogens with two attached hydrogens (primary N) is 1. The van der Waals surface area contributed by atoms with Crippen molar-refractivity contribution < 1.29 is 61.2 Å². The number of amides is 1. The van der Waals surface area contributed by atoms with Crippen LogP contribution in [0.2, 0.25) is 0 Å². The molecule has 13 nitrogen and oxygen atoms in total. The van der Waals surface area contributed by atoms with Gasteiger partial charge in [-0.15, -0.1) is 11.3 Å². The number of esters is 1. The van der Waals surface area contributed by atoms with Gasteiger partial charge in [0.2, 0.25) is 5.91 Å². The first-order valence-electron chi connectivity index (χ1n) is 10.5. The molecule has 1 amide bonds. The third-order valence-electron chi connectivity index (χ3n) is 4.44. The lowest BCUT2D eigenvalue weighted by atomic mass is 10.2.